The molecule has 3 aromatic heterocycles. The largest absolute Gasteiger partial charge is 0.443 e. The highest BCUT2D eigenvalue weighted by atomic mass is 32.1. The summed E-state index contributed by atoms with van der Waals surface area (Å²) >= 11 is 1.63. The summed E-state index contributed by atoms with van der Waals surface area (Å²) in [6.07, 6.45) is 6.83. The van der Waals surface area contributed by atoms with Crippen LogP contribution < -0.4 is 11.1 Å². The molecule has 8 nitrogen and oxygen atoms in total. The number of pyridine rings is 2. The Bertz CT molecular complexity index is 1380. The maximum Gasteiger partial charge on any atom is 0.407 e. The summed E-state index contributed by atoms with van der Waals surface area (Å²) in [6.45, 7) is 3.58. The number of benzene rings is 1. The van der Waals surface area contributed by atoms with Crippen molar-refractivity contribution < 1.29 is 14.3 Å². The Labute approximate surface area is 207 Å². The van der Waals surface area contributed by atoms with E-state index in [1.54, 1.807) is 24.6 Å². The molecule has 1 aliphatic rings. The van der Waals surface area contributed by atoms with Gasteiger partial charge < -0.3 is 20.5 Å². The van der Waals surface area contributed by atoms with Gasteiger partial charge in [0.2, 0.25) is 0 Å². The maximum absolute atomic E-state index is 11.7. The van der Waals surface area contributed by atoms with E-state index in [1.165, 1.54) is 0 Å². The van der Waals surface area contributed by atoms with Gasteiger partial charge in [-0.15, -0.1) is 11.3 Å². The lowest BCUT2D eigenvalue weighted by Crippen LogP contribution is -2.20. The Morgan fingerprint density at radius 3 is 2.77 bits per heavy atom. The topological polar surface area (TPSA) is 112 Å². The maximum atomic E-state index is 11.7. The van der Waals surface area contributed by atoms with Crippen molar-refractivity contribution in [3.05, 3.63) is 59.0 Å². The fourth-order valence-electron chi connectivity index (χ4n) is 4.39. The van der Waals surface area contributed by atoms with E-state index in [1.807, 2.05) is 19.3 Å². The van der Waals surface area contributed by atoms with Gasteiger partial charge in [0.15, 0.2) is 0 Å². The molecule has 0 saturated carbocycles. The predicted octanol–water partition coefficient (Wildman–Crippen LogP) is 5.06. The number of thiazole rings is 1. The second-order valence-corrected chi connectivity index (χ2v) is 9.64. The number of carbonyl (C=O) groups excluding carboxylic acids is 1. The predicted molar refractivity (Wildman–Crippen MR) is 137 cm³/mol. The molecule has 0 spiro atoms. The summed E-state index contributed by atoms with van der Waals surface area (Å²) < 4.78 is 10.9. The van der Waals surface area contributed by atoms with Gasteiger partial charge in [0, 0.05) is 60.2 Å². The molecule has 1 amide bonds. The Hall–Kier alpha value is -3.56. The van der Waals surface area contributed by atoms with Crippen LogP contribution in [0.1, 0.15) is 34.9 Å². The highest BCUT2D eigenvalue weighted by Gasteiger charge is 2.25. The normalized spacial score (nSPS) is 14.2. The number of amides is 1. The first-order chi connectivity index (χ1) is 17.0. The van der Waals surface area contributed by atoms with Crippen LogP contribution in [0.3, 0.4) is 0 Å². The standard InChI is InChI=1S/C26H27N5O3S/c1-15-9-18(12-29-11-15)17-3-4-19-20(10-17)24(27)30-13-21(19)25-31-22(14-34-26(32)28-2)23(35-25)16-5-7-33-8-6-16/h3-4,9-13,16H,5-8,14H2,1-2H3,(H2,27,30)(H,28,32). The number of ether oxygens (including phenoxy) is 2. The van der Waals surface area contributed by atoms with Crippen molar-refractivity contribution in [3.63, 3.8) is 0 Å². The van der Waals surface area contributed by atoms with Gasteiger partial charge in [0.05, 0.1) is 5.69 Å². The average molecular weight is 490 g/mol. The molecule has 3 N–H and O–H groups in total. The summed E-state index contributed by atoms with van der Waals surface area (Å²) in [4.78, 5) is 26.6. The van der Waals surface area contributed by atoms with Crippen molar-refractivity contribution in [2.75, 3.05) is 26.0 Å². The lowest BCUT2D eigenvalue weighted by atomic mass is 9.97. The first-order valence-electron chi connectivity index (χ1n) is 11.6. The number of hydrogen-bond donors (Lipinski definition) is 2. The number of rotatable bonds is 5. The van der Waals surface area contributed by atoms with E-state index in [0.29, 0.717) is 11.7 Å². The molecule has 4 heterocycles. The zero-order chi connectivity index (χ0) is 24.4. The number of aryl methyl sites for hydroxylation is 1. The van der Waals surface area contributed by atoms with Gasteiger partial charge in [-0.2, -0.15) is 0 Å². The van der Waals surface area contributed by atoms with E-state index >= 15 is 0 Å². The van der Waals surface area contributed by atoms with Crippen molar-refractivity contribution in [1.82, 2.24) is 20.3 Å². The summed E-state index contributed by atoms with van der Waals surface area (Å²) in [7, 11) is 1.54. The number of anilines is 1. The molecule has 1 aliphatic heterocycles. The van der Waals surface area contributed by atoms with Crippen molar-refractivity contribution in [2.45, 2.75) is 32.3 Å². The first kappa shape index (κ1) is 23.2. The minimum Gasteiger partial charge on any atom is -0.443 e. The second kappa shape index (κ2) is 9.97. The third-order valence-electron chi connectivity index (χ3n) is 6.22. The number of nitrogens with zero attached hydrogens (tertiary/aromatic N) is 3. The molecule has 1 saturated heterocycles. The quantitative estimate of drug-likeness (QED) is 0.403. The van der Waals surface area contributed by atoms with Crippen LogP contribution in [0.15, 0.2) is 42.9 Å². The molecule has 9 heteroatoms. The molecule has 0 unspecified atom stereocenters. The highest BCUT2D eigenvalue weighted by molar-refractivity contribution is 7.15. The lowest BCUT2D eigenvalue weighted by Gasteiger charge is -2.21. The van der Waals surface area contributed by atoms with E-state index in [-0.39, 0.29) is 6.61 Å². The molecule has 0 atom stereocenters. The van der Waals surface area contributed by atoms with Gasteiger partial charge >= 0.3 is 6.09 Å². The number of aromatic nitrogens is 3. The fourth-order valence-corrected chi connectivity index (χ4v) is 5.66. The molecule has 0 bridgehead atoms. The Morgan fingerprint density at radius 1 is 1.17 bits per heavy atom. The van der Waals surface area contributed by atoms with Gasteiger partial charge in [0.25, 0.3) is 0 Å². The van der Waals surface area contributed by atoms with Crippen molar-refractivity contribution in [2.24, 2.45) is 0 Å². The summed E-state index contributed by atoms with van der Waals surface area (Å²) in [5.41, 5.74) is 11.2. The smallest absolute Gasteiger partial charge is 0.407 e. The number of nitrogen functional groups attached to an aromatic ring is 1. The molecule has 1 aromatic carbocycles. The lowest BCUT2D eigenvalue weighted by molar-refractivity contribution is 0.0852. The number of fused-ring (bicyclic) bond motifs is 1. The van der Waals surface area contributed by atoms with Crippen molar-refractivity contribution >= 4 is 34.0 Å². The Balaban J connectivity index is 1.57. The number of nitrogens with two attached hydrogens (primary N) is 1. The monoisotopic (exact) mass is 489 g/mol. The van der Waals surface area contributed by atoms with Crippen LogP contribution in [0.2, 0.25) is 0 Å². The molecule has 5 rings (SSSR count). The third kappa shape index (κ3) is 4.82. The number of hydrogen-bond acceptors (Lipinski definition) is 8. The summed E-state index contributed by atoms with van der Waals surface area (Å²) in [5, 5.41) is 5.18. The van der Waals surface area contributed by atoms with E-state index in [4.69, 9.17) is 20.2 Å². The van der Waals surface area contributed by atoms with Crippen LogP contribution in [0.5, 0.6) is 0 Å². The van der Waals surface area contributed by atoms with Crippen LogP contribution in [-0.2, 0) is 16.1 Å². The molecule has 0 radical (unpaired) electrons. The molecular formula is C26H27N5O3S. The van der Waals surface area contributed by atoms with E-state index in [2.05, 4.69) is 39.6 Å². The van der Waals surface area contributed by atoms with Crippen LogP contribution in [0.25, 0.3) is 32.5 Å². The van der Waals surface area contributed by atoms with Crippen LogP contribution >= 0.6 is 11.3 Å². The molecule has 4 aromatic rings. The fraction of sp³-hybridized carbons (Fsp3) is 0.308. The zero-order valence-electron chi connectivity index (χ0n) is 19.7. The first-order valence-corrected chi connectivity index (χ1v) is 12.4. The molecule has 180 valence electrons. The minimum absolute atomic E-state index is 0.119. The number of nitrogens with one attached hydrogen (secondary N) is 1. The average Bonchev–Trinajstić information content (AvgIpc) is 3.32. The van der Waals surface area contributed by atoms with Crippen LogP contribution in [0, 0.1) is 6.92 Å². The summed E-state index contributed by atoms with van der Waals surface area (Å²) in [5.74, 6) is 0.794. The van der Waals surface area contributed by atoms with Crippen molar-refractivity contribution in [3.8, 4) is 21.7 Å². The van der Waals surface area contributed by atoms with E-state index < -0.39 is 6.09 Å². The number of carbonyl (C=O) groups is 1. The Kier molecular flexibility index (Phi) is 6.61. The van der Waals surface area contributed by atoms with Crippen LogP contribution in [0.4, 0.5) is 10.6 Å². The molecule has 1 fully saturated rings. The highest BCUT2D eigenvalue weighted by Crippen LogP contribution is 2.41. The van der Waals surface area contributed by atoms with Gasteiger partial charge in [-0.25, -0.2) is 14.8 Å². The summed E-state index contributed by atoms with van der Waals surface area (Å²) in [6, 6.07) is 8.29. The Morgan fingerprint density at radius 2 is 2.00 bits per heavy atom. The van der Waals surface area contributed by atoms with Crippen LogP contribution in [-0.4, -0.2) is 41.3 Å². The van der Waals surface area contributed by atoms with Gasteiger partial charge in [-0.3, -0.25) is 4.98 Å². The molecule has 0 aliphatic carbocycles. The number of alkyl carbamates (subject to hydrolysis) is 1. The minimum atomic E-state index is -0.477. The van der Waals surface area contributed by atoms with Gasteiger partial charge in [-0.1, -0.05) is 12.1 Å². The third-order valence-corrected chi connectivity index (χ3v) is 7.51. The van der Waals surface area contributed by atoms with Gasteiger partial charge in [-0.05, 0) is 54.3 Å². The SMILES string of the molecule is CNC(=O)OCc1nc(-c2cnc(N)c3cc(-c4cncc(C)c4)ccc23)sc1C1CCOCC1. The zero-order valence-corrected chi connectivity index (χ0v) is 20.5. The molecular weight excluding hydrogens is 462 g/mol. The molecule has 35 heavy (non-hydrogen) atoms. The van der Waals surface area contributed by atoms with Crippen molar-refractivity contribution in [1.29, 1.82) is 0 Å². The second-order valence-electron chi connectivity index (χ2n) is 8.61. The van der Waals surface area contributed by atoms with Gasteiger partial charge in [0.1, 0.15) is 17.4 Å². The van der Waals surface area contributed by atoms with E-state index in [0.717, 1.165) is 74.7 Å². The van der Waals surface area contributed by atoms with E-state index in [9.17, 15) is 4.79 Å².